The molecule has 0 aliphatic heterocycles. The van der Waals surface area contributed by atoms with Crippen molar-refractivity contribution in [3.63, 3.8) is 0 Å². The summed E-state index contributed by atoms with van der Waals surface area (Å²) in [5, 5.41) is 3.74. The van der Waals surface area contributed by atoms with E-state index in [2.05, 4.69) is 22.1 Å². The van der Waals surface area contributed by atoms with E-state index < -0.39 is 0 Å². The van der Waals surface area contributed by atoms with E-state index in [0.29, 0.717) is 22.1 Å². The minimum atomic E-state index is -0.164. The molecule has 0 spiro atoms. The Hall–Kier alpha value is -3.06. The molecule has 0 bridgehead atoms. The van der Waals surface area contributed by atoms with Crippen molar-refractivity contribution in [3.8, 4) is 22.1 Å². The van der Waals surface area contributed by atoms with Crippen LogP contribution in [0.3, 0.4) is 0 Å². The van der Waals surface area contributed by atoms with Gasteiger partial charge in [-0.1, -0.05) is 6.07 Å². The number of benzene rings is 2. The van der Waals surface area contributed by atoms with E-state index in [-0.39, 0.29) is 5.91 Å². The number of ether oxygens (including phenoxy) is 2. The lowest BCUT2D eigenvalue weighted by molar-refractivity contribution is 0.103. The molecule has 152 valence electrons. The summed E-state index contributed by atoms with van der Waals surface area (Å²) in [6, 6.07) is 13.4. The predicted molar refractivity (Wildman–Crippen MR) is 119 cm³/mol. The number of nitrogens with one attached hydrogen (secondary N) is 1. The molecule has 1 aromatic heterocycles. The second-order valence-electron chi connectivity index (χ2n) is 6.52. The van der Waals surface area contributed by atoms with Gasteiger partial charge in [0.15, 0.2) is 11.5 Å². The van der Waals surface area contributed by atoms with E-state index >= 15 is 0 Å². The predicted octanol–water partition coefficient (Wildman–Crippen LogP) is 4.84. The Morgan fingerprint density at radius 3 is 2.59 bits per heavy atom. The molecule has 0 radical (unpaired) electrons. The van der Waals surface area contributed by atoms with E-state index in [4.69, 9.17) is 9.47 Å². The SMILES string of the molecule is CCN(C)c1cccc(NC(=O)c2sc(-c3ccc(OC)c(OC)c3)nc2C)c1. The number of rotatable bonds is 7. The Balaban J connectivity index is 1.84. The van der Waals surface area contributed by atoms with Crippen molar-refractivity contribution in [2.24, 2.45) is 0 Å². The monoisotopic (exact) mass is 411 g/mol. The molecule has 2 aromatic carbocycles. The zero-order chi connectivity index (χ0) is 21.0. The van der Waals surface area contributed by atoms with Gasteiger partial charge in [-0.3, -0.25) is 4.79 Å². The highest BCUT2D eigenvalue weighted by molar-refractivity contribution is 7.17. The van der Waals surface area contributed by atoms with Crippen molar-refractivity contribution in [2.75, 3.05) is 38.0 Å². The van der Waals surface area contributed by atoms with E-state index in [9.17, 15) is 4.79 Å². The van der Waals surface area contributed by atoms with Gasteiger partial charge in [0.1, 0.15) is 9.88 Å². The average molecular weight is 412 g/mol. The lowest BCUT2D eigenvalue weighted by Gasteiger charge is -2.17. The molecular weight excluding hydrogens is 386 g/mol. The smallest absolute Gasteiger partial charge is 0.267 e. The molecule has 29 heavy (non-hydrogen) atoms. The molecule has 0 saturated carbocycles. The van der Waals surface area contributed by atoms with Crippen LogP contribution in [-0.2, 0) is 0 Å². The third-order valence-corrected chi connectivity index (χ3v) is 5.86. The molecule has 6 nitrogen and oxygen atoms in total. The number of amides is 1. The minimum absolute atomic E-state index is 0.164. The fourth-order valence-electron chi connectivity index (χ4n) is 2.89. The van der Waals surface area contributed by atoms with Crippen LogP contribution in [0.2, 0.25) is 0 Å². The molecule has 0 atom stereocenters. The Labute approximate surface area is 175 Å². The first-order valence-electron chi connectivity index (χ1n) is 9.29. The molecule has 0 aliphatic carbocycles. The summed E-state index contributed by atoms with van der Waals surface area (Å²) in [6.45, 7) is 4.82. The zero-order valence-corrected chi connectivity index (χ0v) is 18.1. The largest absolute Gasteiger partial charge is 0.493 e. The maximum Gasteiger partial charge on any atom is 0.267 e. The van der Waals surface area contributed by atoms with Crippen LogP contribution in [0.25, 0.3) is 10.6 Å². The van der Waals surface area contributed by atoms with Gasteiger partial charge in [0.05, 0.1) is 19.9 Å². The summed E-state index contributed by atoms with van der Waals surface area (Å²) in [7, 11) is 5.21. The van der Waals surface area contributed by atoms with Crippen molar-refractivity contribution in [3.05, 3.63) is 53.0 Å². The number of aromatic nitrogens is 1. The summed E-state index contributed by atoms with van der Waals surface area (Å²) in [5.74, 6) is 1.11. The van der Waals surface area contributed by atoms with Crippen LogP contribution in [0, 0.1) is 6.92 Å². The van der Waals surface area contributed by atoms with Gasteiger partial charge in [0.25, 0.3) is 5.91 Å². The number of hydrogen-bond donors (Lipinski definition) is 1. The second kappa shape index (κ2) is 8.96. The molecule has 3 rings (SSSR count). The van der Waals surface area contributed by atoms with Crippen molar-refractivity contribution in [1.29, 1.82) is 0 Å². The second-order valence-corrected chi connectivity index (χ2v) is 7.52. The highest BCUT2D eigenvalue weighted by atomic mass is 32.1. The fourth-order valence-corrected chi connectivity index (χ4v) is 3.85. The number of hydrogen-bond acceptors (Lipinski definition) is 6. The summed E-state index contributed by atoms with van der Waals surface area (Å²) in [4.78, 5) is 20.1. The minimum Gasteiger partial charge on any atom is -0.493 e. The maximum atomic E-state index is 12.9. The third kappa shape index (κ3) is 4.51. The van der Waals surface area contributed by atoms with Crippen molar-refractivity contribution >= 4 is 28.6 Å². The Bertz CT molecular complexity index is 1020. The van der Waals surface area contributed by atoms with Gasteiger partial charge in [0.2, 0.25) is 0 Å². The van der Waals surface area contributed by atoms with E-state index in [1.54, 1.807) is 14.2 Å². The number of thiazole rings is 1. The average Bonchev–Trinajstić information content (AvgIpc) is 3.14. The molecule has 1 heterocycles. The van der Waals surface area contributed by atoms with Gasteiger partial charge in [-0.05, 0) is 50.2 Å². The van der Waals surface area contributed by atoms with Crippen molar-refractivity contribution in [1.82, 2.24) is 4.98 Å². The first-order valence-corrected chi connectivity index (χ1v) is 10.1. The molecule has 1 N–H and O–H groups in total. The number of carbonyl (C=O) groups excluding carboxylic acids is 1. The molecule has 0 saturated heterocycles. The number of aryl methyl sites for hydroxylation is 1. The third-order valence-electron chi connectivity index (χ3n) is 4.65. The summed E-state index contributed by atoms with van der Waals surface area (Å²) in [6.07, 6.45) is 0. The number of nitrogens with zero attached hydrogens (tertiary/aromatic N) is 2. The first kappa shape index (κ1) is 20.7. The highest BCUT2D eigenvalue weighted by Gasteiger charge is 2.18. The van der Waals surface area contributed by atoms with Gasteiger partial charge >= 0.3 is 0 Å². The Morgan fingerprint density at radius 2 is 1.90 bits per heavy atom. The van der Waals surface area contributed by atoms with E-state index in [0.717, 1.165) is 28.5 Å². The zero-order valence-electron chi connectivity index (χ0n) is 17.3. The van der Waals surface area contributed by atoms with Gasteiger partial charge in [-0.15, -0.1) is 11.3 Å². The lowest BCUT2D eigenvalue weighted by atomic mass is 10.2. The highest BCUT2D eigenvalue weighted by Crippen LogP contribution is 2.35. The summed E-state index contributed by atoms with van der Waals surface area (Å²) >= 11 is 1.36. The molecule has 0 fully saturated rings. The van der Waals surface area contributed by atoms with Crippen molar-refractivity contribution < 1.29 is 14.3 Å². The molecule has 1 amide bonds. The van der Waals surface area contributed by atoms with Gasteiger partial charge in [0, 0.05) is 30.5 Å². The van der Waals surface area contributed by atoms with Crippen LogP contribution >= 0.6 is 11.3 Å². The van der Waals surface area contributed by atoms with Crippen LogP contribution < -0.4 is 19.7 Å². The topological polar surface area (TPSA) is 63.7 Å². The standard InChI is InChI=1S/C22H25N3O3S/c1-6-25(3)17-9-7-8-16(13-17)24-21(26)20-14(2)23-22(29-20)15-10-11-18(27-4)19(12-15)28-5/h7-13H,6H2,1-5H3,(H,24,26). The van der Waals surface area contributed by atoms with E-state index in [1.807, 2.05) is 56.4 Å². The quantitative estimate of drug-likeness (QED) is 0.602. The maximum absolute atomic E-state index is 12.9. The van der Waals surface area contributed by atoms with Crippen molar-refractivity contribution in [2.45, 2.75) is 13.8 Å². The van der Waals surface area contributed by atoms with Crippen LogP contribution in [0.4, 0.5) is 11.4 Å². The molecule has 3 aromatic rings. The number of anilines is 2. The molecule has 7 heteroatoms. The Kier molecular flexibility index (Phi) is 6.39. The van der Waals surface area contributed by atoms with Crippen LogP contribution in [0.15, 0.2) is 42.5 Å². The van der Waals surface area contributed by atoms with Crippen LogP contribution in [0.5, 0.6) is 11.5 Å². The molecule has 0 unspecified atom stereocenters. The fraction of sp³-hybridized carbons (Fsp3) is 0.273. The Morgan fingerprint density at radius 1 is 1.14 bits per heavy atom. The summed E-state index contributed by atoms with van der Waals surface area (Å²) in [5.41, 5.74) is 3.38. The van der Waals surface area contributed by atoms with Gasteiger partial charge in [-0.2, -0.15) is 0 Å². The molecular formula is C22H25N3O3S. The van der Waals surface area contributed by atoms with Crippen LogP contribution in [-0.4, -0.2) is 38.7 Å². The van der Waals surface area contributed by atoms with Crippen LogP contribution in [0.1, 0.15) is 22.3 Å². The molecule has 0 aliphatic rings. The number of carbonyl (C=O) groups is 1. The van der Waals surface area contributed by atoms with Gasteiger partial charge < -0.3 is 19.7 Å². The lowest BCUT2D eigenvalue weighted by Crippen LogP contribution is -2.16. The first-order chi connectivity index (χ1) is 14.0. The van der Waals surface area contributed by atoms with E-state index in [1.165, 1.54) is 11.3 Å². The number of methoxy groups -OCH3 is 2. The summed E-state index contributed by atoms with van der Waals surface area (Å²) < 4.78 is 10.7. The van der Waals surface area contributed by atoms with Gasteiger partial charge in [-0.25, -0.2) is 4.98 Å². The normalized spacial score (nSPS) is 10.5.